The zero-order valence-corrected chi connectivity index (χ0v) is 13.2. The number of hydrogen-bond donors (Lipinski definition) is 2. The van der Waals surface area contributed by atoms with Crippen molar-refractivity contribution < 1.29 is 23.5 Å². The van der Waals surface area contributed by atoms with Crippen LogP contribution in [0.5, 0.6) is 0 Å². The van der Waals surface area contributed by atoms with Gasteiger partial charge in [-0.3, -0.25) is 9.36 Å². The summed E-state index contributed by atoms with van der Waals surface area (Å²) in [7, 11) is -1.22. The lowest BCUT2D eigenvalue weighted by Crippen LogP contribution is -2.30. The smallest absolute Gasteiger partial charge is 0.366 e. The lowest BCUT2D eigenvalue weighted by Gasteiger charge is -2.35. The molecule has 2 rings (SSSR count). The third-order valence-electron chi connectivity index (χ3n) is 3.22. The summed E-state index contributed by atoms with van der Waals surface area (Å²) in [5.41, 5.74) is 0.627. The molecule has 20 heavy (non-hydrogen) atoms. The van der Waals surface area contributed by atoms with Gasteiger partial charge in [0.25, 0.3) is 0 Å². The SMILES string of the molecule is COP(=O)(OC)C1(O)CCCc2nc(NC(C)=O)sc21. The van der Waals surface area contributed by atoms with Crippen LogP contribution in [0.15, 0.2) is 0 Å². The summed E-state index contributed by atoms with van der Waals surface area (Å²) in [5.74, 6) is -0.249. The van der Waals surface area contributed by atoms with E-state index in [1.54, 1.807) is 0 Å². The van der Waals surface area contributed by atoms with Gasteiger partial charge in [-0.25, -0.2) is 4.98 Å². The molecular formula is C11H17N2O5PS. The van der Waals surface area contributed by atoms with E-state index in [9.17, 15) is 14.5 Å². The summed E-state index contributed by atoms with van der Waals surface area (Å²) >= 11 is 1.10. The number of aromatic nitrogens is 1. The Balaban J connectivity index is 2.49. The fourth-order valence-corrected chi connectivity index (χ4v) is 5.40. The van der Waals surface area contributed by atoms with Crippen molar-refractivity contribution in [3.05, 3.63) is 10.6 Å². The highest BCUT2D eigenvalue weighted by Crippen LogP contribution is 2.67. The fraction of sp³-hybridized carbons (Fsp3) is 0.636. The minimum absolute atomic E-state index is 0.249. The van der Waals surface area contributed by atoms with Crippen LogP contribution in [0, 0.1) is 0 Å². The molecule has 1 aliphatic rings. The van der Waals surface area contributed by atoms with E-state index in [4.69, 9.17) is 9.05 Å². The zero-order valence-electron chi connectivity index (χ0n) is 11.5. The first-order chi connectivity index (χ1) is 9.36. The molecule has 0 spiro atoms. The molecule has 1 aromatic heterocycles. The van der Waals surface area contributed by atoms with E-state index in [1.807, 2.05) is 0 Å². The summed E-state index contributed by atoms with van der Waals surface area (Å²) < 4.78 is 22.5. The molecule has 0 aliphatic heterocycles. The van der Waals surface area contributed by atoms with Crippen molar-refractivity contribution in [3.8, 4) is 0 Å². The number of fused-ring (bicyclic) bond motifs is 1. The first-order valence-electron chi connectivity index (χ1n) is 6.08. The molecule has 0 saturated heterocycles. The van der Waals surface area contributed by atoms with Gasteiger partial charge in [-0.2, -0.15) is 0 Å². The van der Waals surface area contributed by atoms with Crippen LogP contribution in [-0.4, -0.2) is 30.2 Å². The van der Waals surface area contributed by atoms with Gasteiger partial charge in [0, 0.05) is 21.1 Å². The van der Waals surface area contributed by atoms with Crippen molar-refractivity contribution in [1.82, 2.24) is 4.98 Å². The van der Waals surface area contributed by atoms with Crippen LogP contribution in [0.25, 0.3) is 0 Å². The number of rotatable bonds is 4. The molecule has 0 saturated carbocycles. The number of aryl methyl sites for hydroxylation is 1. The molecule has 112 valence electrons. The number of amides is 1. The van der Waals surface area contributed by atoms with Crippen molar-refractivity contribution in [2.24, 2.45) is 0 Å². The van der Waals surface area contributed by atoms with Gasteiger partial charge in [0.15, 0.2) is 5.13 Å². The van der Waals surface area contributed by atoms with Crippen molar-refractivity contribution >= 4 is 30.0 Å². The highest BCUT2D eigenvalue weighted by Gasteiger charge is 2.54. The van der Waals surface area contributed by atoms with Gasteiger partial charge in [-0.15, -0.1) is 0 Å². The molecule has 0 aromatic carbocycles. The van der Waals surface area contributed by atoms with Crippen molar-refractivity contribution in [2.45, 2.75) is 31.5 Å². The summed E-state index contributed by atoms with van der Waals surface area (Å²) in [6.07, 6.45) is 1.53. The maximum Gasteiger partial charge on any atom is 0.366 e. The second kappa shape index (κ2) is 5.54. The molecule has 0 radical (unpaired) electrons. The normalized spacial score (nSPS) is 22.4. The molecule has 1 aromatic rings. The molecule has 1 amide bonds. The number of aliphatic hydroxyl groups is 1. The molecular weight excluding hydrogens is 303 g/mol. The number of nitrogens with zero attached hydrogens (tertiary/aromatic N) is 1. The van der Waals surface area contributed by atoms with Crippen molar-refractivity contribution in [1.29, 1.82) is 0 Å². The Morgan fingerprint density at radius 2 is 2.15 bits per heavy atom. The van der Waals surface area contributed by atoms with E-state index >= 15 is 0 Å². The van der Waals surface area contributed by atoms with Gasteiger partial charge >= 0.3 is 7.60 Å². The third-order valence-corrected chi connectivity index (χ3v) is 6.85. The van der Waals surface area contributed by atoms with Crippen LogP contribution in [0.4, 0.5) is 5.13 Å². The van der Waals surface area contributed by atoms with E-state index in [1.165, 1.54) is 21.1 Å². The lowest BCUT2D eigenvalue weighted by atomic mass is 10.00. The van der Waals surface area contributed by atoms with Crippen LogP contribution in [0.3, 0.4) is 0 Å². The summed E-state index contributed by atoms with van der Waals surface area (Å²) in [4.78, 5) is 15.8. The van der Waals surface area contributed by atoms with Gasteiger partial charge in [-0.1, -0.05) is 11.3 Å². The molecule has 1 heterocycles. The summed E-state index contributed by atoms with van der Waals surface area (Å²) in [5, 5.41) is 12.1. The maximum atomic E-state index is 12.6. The number of carbonyl (C=O) groups is 1. The van der Waals surface area contributed by atoms with E-state index < -0.39 is 12.9 Å². The van der Waals surface area contributed by atoms with Crippen LogP contribution in [-0.2, 0) is 30.2 Å². The Kier molecular flexibility index (Phi) is 4.32. The molecule has 9 heteroatoms. The standard InChI is InChI=1S/C11H17N2O5PS/c1-7(14)12-10-13-8-5-4-6-11(15,9(8)20-10)19(16,17-2)18-3/h15H,4-6H2,1-3H3,(H,12,13,14). The second-order valence-corrected chi connectivity index (χ2v) is 7.97. The van der Waals surface area contributed by atoms with Gasteiger partial charge in [0.1, 0.15) is 0 Å². The van der Waals surface area contributed by atoms with Crippen molar-refractivity contribution in [3.63, 3.8) is 0 Å². The minimum Gasteiger partial charge on any atom is -0.373 e. The minimum atomic E-state index is -3.71. The molecule has 1 aliphatic carbocycles. The first kappa shape index (κ1) is 15.6. The van der Waals surface area contributed by atoms with E-state index in [2.05, 4.69) is 10.3 Å². The molecule has 0 bridgehead atoms. The monoisotopic (exact) mass is 320 g/mol. The topological polar surface area (TPSA) is 97.8 Å². The Morgan fingerprint density at radius 3 is 2.70 bits per heavy atom. The van der Waals surface area contributed by atoms with E-state index in [0.717, 1.165) is 11.3 Å². The quantitative estimate of drug-likeness (QED) is 0.824. The molecule has 1 unspecified atom stereocenters. The number of nitrogens with one attached hydrogen (secondary N) is 1. The fourth-order valence-electron chi connectivity index (χ4n) is 2.29. The molecule has 2 N–H and O–H groups in total. The van der Waals surface area contributed by atoms with E-state index in [0.29, 0.717) is 28.5 Å². The van der Waals surface area contributed by atoms with Crippen LogP contribution in [0.1, 0.15) is 30.3 Å². The lowest BCUT2D eigenvalue weighted by molar-refractivity contribution is -0.114. The number of thiazole rings is 1. The average molecular weight is 320 g/mol. The predicted octanol–water partition coefficient (Wildman–Crippen LogP) is 2.07. The van der Waals surface area contributed by atoms with Gasteiger partial charge in [-0.05, 0) is 19.3 Å². The van der Waals surface area contributed by atoms with Crippen LogP contribution < -0.4 is 5.32 Å². The highest BCUT2D eigenvalue weighted by molar-refractivity contribution is 7.55. The first-order valence-corrected chi connectivity index (χ1v) is 8.44. The molecule has 0 fully saturated rings. The predicted molar refractivity (Wildman–Crippen MR) is 74.9 cm³/mol. The number of carbonyl (C=O) groups excluding carboxylic acids is 1. The van der Waals surface area contributed by atoms with Gasteiger partial charge in [0.2, 0.25) is 11.2 Å². The van der Waals surface area contributed by atoms with E-state index in [-0.39, 0.29) is 12.3 Å². The summed E-state index contributed by atoms with van der Waals surface area (Å²) in [6, 6.07) is 0. The number of anilines is 1. The van der Waals surface area contributed by atoms with Gasteiger partial charge in [0.05, 0.1) is 10.6 Å². The Morgan fingerprint density at radius 1 is 1.50 bits per heavy atom. The maximum absolute atomic E-state index is 12.6. The Labute approximate surface area is 120 Å². The Bertz CT molecular complexity index is 567. The van der Waals surface area contributed by atoms with Crippen molar-refractivity contribution in [2.75, 3.05) is 19.5 Å². The molecule has 1 atom stereocenters. The van der Waals surface area contributed by atoms with Crippen LogP contribution >= 0.6 is 18.9 Å². The van der Waals surface area contributed by atoms with Gasteiger partial charge < -0.3 is 19.5 Å². The third kappa shape index (κ3) is 2.42. The average Bonchev–Trinajstić information content (AvgIpc) is 2.81. The second-order valence-electron chi connectivity index (χ2n) is 4.51. The molecule has 7 nitrogen and oxygen atoms in total. The number of hydrogen-bond acceptors (Lipinski definition) is 7. The summed E-state index contributed by atoms with van der Waals surface area (Å²) in [6.45, 7) is 1.38. The van der Waals surface area contributed by atoms with Crippen LogP contribution in [0.2, 0.25) is 0 Å². The Hall–Kier alpha value is -0.790. The largest absolute Gasteiger partial charge is 0.373 e. The highest BCUT2D eigenvalue weighted by atomic mass is 32.1. The zero-order chi connectivity index (χ0) is 15.0.